The minimum atomic E-state index is 0.763. The molecule has 0 atom stereocenters. The molecule has 1 heterocycles. The number of hydrogen-bond donors (Lipinski definition) is 0. The summed E-state index contributed by atoms with van der Waals surface area (Å²) in [6.07, 6.45) is 6.27. The molecule has 3 aromatic rings. The molecule has 0 unspecified atom stereocenters. The van der Waals surface area contributed by atoms with Crippen LogP contribution in [0.3, 0.4) is 0 Å². The predicted octanol–water partition coefficient (Wildman–Crippen LogP) is 6.20. The molecule has 0 radical (unpaired) electrons. The molecule has 0 N–H and O–H groups in total. The average molecular weight is 367 g/mol. The van der Waals surface area contributed by atoms with Gasteiger partial charge >= 0.3 is 0 Å². The Morgan fingerprint density at radius 3 is 2.46 bits per heavy atom. The number of aliphatic imine (C=N–C) groups is 1. The molecule has 0 saturated carbocycles. The fourth-order valence-corrected chi connectivity index (χ4v) is 3.45. The highest BCUT2D eigenvalue weighted by atomic mass is 16.5. The van der Waals surface area contributed by atoms with E-state index in [0.717, 1.165) is 37.5 Å². The highest BCUT2D eigenvalue weighted by Crippen LogP contribution is 2.24. The van der Waals surface area contributed by atoms with E-state index in [4.69, 9.17) is 9.73 Å². The van der Waals surface area contributed by atoms with E-state index < -0.39 is 0 Å². The quantitative estimate of drug-likeness (QED) is 0.508. The number of allylic oxidation sites excluding steroid dienone is 1. The first-order valence-electron chi connectivity index (χ1n) is 9.97. The summed E-state index contributed by atoms with van der Waals surface area (Å²) in [5.41, 5.74) is 7.24. The van der Waals surface area contributed by atoms with E-state index in [1.54, 1.807) is 0 Å². The number of nitrogens with zero attached hydrogens (tertiary/aromatic N) is 1. The number of ether oxygens (including phenoxy) is 1. The van der Waals surface area contributed by atoms with Crippen molar-refractivity contribution in [1.29, 1.82) is 0 Å². The largest absolute Gasteiger partial charge is 0.494 e. The van der Waals surface area contributed by atoms with Crippen molar-refractivity contribution in [2.24, 2.45) is 4.99 Å². The topological polar surface area (TPSA) is 21.6 Å². The third-order valence-electron chi connectivity index (χ3n) is 4.94. The summed E-state index contributed by atoms with van der Waals surface area (Å²) in [6.45, 7) is 3.72. The molecular weight excluding hydrogens is 342 g/mol. The van der Waals surface area contributed by atoms with E-state index in [0.29, 0.717) is 0 Å². The average Bonchev–Trinajstić information content (AvgIpc) is 2.77. The minimum absolute atomic E-state index is 0.763. The summed E-state index contributed by atoms with van der Waals surface area (Å²) < 4.78 is 5.78. The molecule has 0 amide bonds. The van der Waals surface area contributed by atoms with Gasteiger partial charge in [0.1, 0.15) is 5.75 Å². The van der Waals surface area contributed by atoms with Crippen LogP contribution >= 0.6 is 0 Å². The van der Waals surface area contributed by atoms with Crippen LogP contribution in [0, 0.1) is 0 Å². The van der Waals surface area contributed by atoms with Crippen molar-refractivity contribution in [3.05, 3.63) is 95.6 Å². The minimum Gasteiger partial charge on any atom is -0.494 e. The summed E-state index contributed by atoms with van der Waals surface area (Å²) in [5.74, 6) is 0.960. The molecule has 0 aliphatic carbocycles. The van der Waals surface area contributed by atoms with Gasteiger partial charge in [0.15, 0.2) is 0 Å². The van der Waals surface area contributed by atoms with E-state index in [2.05, 4.69) is 85.8 Å². The van der Waals surface area contributed by atoms with Crippen LogP contribution in [0.15, 0.2) is 83.9 Å². The van der Waals surface area contributed by atoms with Gasteiger partial charge in [-0.3, -0.25) is 4.99 Å². The first-order valence-corrected chi connectivity index (χ1v) is 9.97. The lowest BCUT2D eigenvalue weighted by Gasteiger charge is -2.16. The van der Waals surface area contributed by atoms with Gasteiger partial charge in [-0.25, -0.2) is 0 Å². The SMILES string of the molecule is CCCOc1ccc2c(c1)CCN=C2C=Cc1ccc(-c2ccccc2)cc1. The van der Waals surface area contributed by atoms with Gasteiger partial charge in [-0.15, -0.1) is 0 Å². The molecule has 3 aromatic carbocycles. The summed E-state index contributed by atoms with van der Waals surface area (Å²) in [5, 5.41) is 0. The Bertz CT molecular complexity index is 985. The van der Waals surface area contributed by atoms with Crippen LogP contribution in [0.1, 0.15) is 30.0 Å². The molecule has 1 aliphatic heterocycles. The highest BCUT2D eigenvalue weighted by Gasteiger charge is 2.13. The van der Waals surface area contributed by atoms with E-state index in [-0.39, 0.29) is 0 Å². The number of benzene rings is 3. The van der Waals surface area contributed by atoms with Crippen molar-refractivity contribution in [2.45, 2.75) is 19.8 Å². The van der Waals surface area contributed by atoms with Crippen LogP contribution in [-0.4, -0.2) is 18.9 Å². The third kappa shape index (κ3) is 4.23. The molecule has 0 aromatic heterocycles. The lowest BCUT2D eigenvalue weighted by atomic mass is 9.96. The van der Waals surface area contributed by atoms with Gasteiger partial charge in [-0.05, 0) is 59.4 Å². The molecular formula is C26H25NO. The van der Waals surface area contributed by atoms with Crippen LogP contribution in [0.5, 0.6) is 5.75 Å². The van der Waals surface area contributed by atoms with Crippen LogP contribution in [0.2, 0.25) is 0 Å². The fourth-order valence-electron chi connectivity index (χ4n) is 3.45. The lowest BCUT2D eigenvalue weighted by Crippen LogP contribution is -2.11. The van der Waals surface area contributed by atoms with Gasteiger partial charge in [0.25, 0.3) is 0 Å². The van der Waals surface area contributed by atoms with E-state index in [1.165, 1.54) is 27.8 Å². The molecule has 0 spiro atoms. The maximum absolute atomic E-state index is 5.78. The van der Waals surface area contributed by atoms with Crippen LogP contribution in [0.25, 0.3) is 17.2 Å². The van der Waals surface area contributed by atoms with Crippen LogP contribution < -0.4 is 4.74 Å². The normalized spacial score (nSPS) is 13.2. The van der Waals surface area contributed by atoms with Crippen LogP contribution in [-0.2, 0) is 6.42 Å². The molecule has 140 valence electrons. The zero-order valence-corrected chi connectivity index (χ0v) is 16.3. The Hall–Kier alpha value is -3.13. The molecule has 2 nitrogen and oxygen atoms in total. The Kier molecular flexibility index (Phi) is 5.67. The first-order chi connectivity index (χ1) is 13.8. The first kappa shape index (κ1) is 18.2. The second-order valence-electron chi connectivity index (χ2n) is 7.01. The maximum atomic E-state index is 5.78. The van der Waals surface area contributed by atoms with Gasteiger partial charge in [-0.2, -0.15) is 0 Å². The molecule has 0 fully saturated rings. The molecule has 4 rings (SSSR count). The van der Waals surface area contributed by atoms with Crippen molar-refractivity contribution < 1.29 is 4.74 Å². The summed E-state index contributed by atoms with van der Waals surface area (Å²) in [4.78, 5) is 4.73. The summed E-state index contributed by atoms with van der Waals surface area (Å²) in [6, 6.07) is 25.5. The molecule has 2 heteroatoms. The zero-order valence-electron chi connectivity index (χ0n) is 16.3. The Morgan fingerprint density at radius 1 is 0.893 bits per heavy atom. The van der Waals surface area contributed by atoms with Crippen molar-refractivity contribution in [2.75, 3.05) is 13.2 Å². The lowest BCUT2D eigenvalue weighted by molar-refractivity contribution is 0.317. The van der Waals surface area contributed by atoms with Crippen LogP contribution in [0.4, 0.5) is 0 Å². The Morgan fingerprint density at radius 2 is 1.68 bits per heavy atom. The summed E-state index contributed by atoms with van der Waals surface area (Å²) >= 11 is 0. The van der Waals surface area contributed by atoms with Gasteiger partial charge < -0.3 is 4.74 Å². The third-order valence-corrected chi connectivity index (χ3v) is 4.94. The second kappa shape index (κ2) is 8.71. The van der Waals surface area contributed by atoms with Crippen molar-refractivity contribution >= 4 is 11.8 Å². The fraction of sp³-hybridized carbons (Fsp3) is 0.192. The van der Waals surface area contributed by atoms with Gasteiger partial charge in [0.05, 0.1) is 12.3 Å². The number of rotatable bonds is 6. The van der Waals surface area contributed by atoms with E-state index >= 15 is 0 Å². The number of fused-ring (bicyclic) bond motifs is 1. The van der Waals surface area contributed by atoms with Gasteiger partial charge in [0, 0.05) is 12.1 Å². The Labute approximate surface area is 167 Å². The monoisotopic (exact) mass is 367 g/mol. The standard InChI is InChI=1S/C26H25NO/c1-2-18-28-24-13-14-25-23(19-24)16-17-27-26(25)15-10-20-8-11-22(12-9-20)21-6-4-3-5-7-21/h3-15,19H,2,16-18H2,1H3. The predicted molar refractivity (Wildman–Crippen MR) is 118 cm³/mol. The van der Waals surface area contributed by atoms with Crippen molar-refractivity contribution in [1.82, 2.24) is 0 Å². The Balaban J connectivity index is 1.50. The zero-order chi connectivity index (χ0) is 19.2. The number of hydrogen-bond acceptors (Lipinski definition) is 2. The summed E-state index contributed by atoms with van der Waals surface area (Å²) in [7, 11) is 0. The second-order valence-corrected chi connectivity index (χ2v) is 7.01. The highest BCUT2D eigenvalue weighted by molar-refractivity contribution is 6.12. The molecule has 0 saturated heterocycles. The van der Waals surface area contributed by atoms with E-state index in [1.807, 2.05) is 6.07 Å². The molecule has 1 aliphatic rings. The van der Waals surface area contributed by atoms with Crippen molar-refractivity contribution in [3.63, 3.8) is 0 Å². The van der Waals surface area contributed by atoms with Gasteiger partial charge in [0.2, 0.25) is 0 Å². The van der Waals surface area contributed by atoms with E-state index in [9.17, 15) is 0 Å². The van der Waals surface area contributed by atoms with Crippen molar-refractivity contribution in [3.8, 4) is 16.9 Å². The smallest absolute Gasteiger partial charge is 0.119 e. The van der Waals surface area contributed by atoms with Gasteiger partial charge in [-0.1, -0.05) is 67.6 Å². The molecule has 0 bridgehead atoms. The molecule has 28 heavy (non-hydrogen) atoms. The maximum Gasteiger partial charge on any atom is 0.119 e.